The number of thiazole rings is 1. The number of hydrogen-bond donors (Lipinski definition) is 2. The van der Waals surface area contributed by atoms with E-state index in [-0.39, 0.29) is 28.6 Å². The van der Waals surface area contributed by atoms with E-state index in [9.17, 15) is 18.0 Å². The van der Waals surface area contributed by atoms with Crippen LogP contribution < -0.4 is 11.1 Å². The van der Waals surface area contributed by atoms with Crippen LogP contribution in [-0.2, 0) is 7.05 Å². The van der Waals surface area contributed by atoms with Gasteiger partial charge in [0.05, 0.1) is 23.1 Å². The topological polar surface area (TPSA) is 85.8 Å². The summed E-state index contributed by atoms with van der Waals surface area (Å²) in [5, 5.41) is 8.44. The molecule has 3 atom stereocenters. The second-order valence-corrected chi connectivity index (χ2v) is 8.20. The van der Waals surface area contributed by atoms with Crippen molar-refractivity contribution in [3.63, 3.8) is 0 Å². The Morgan fingerprint density at radius 2 is 2.03 bits per heavy atom. The highest BCUT2D eigenvalue weighted by atomic mass is 32.1. The summed E-state index contributed by atoms with van der Waals surface area (Å²) in [6.45, 7) is 0. The Morgan fingerprint density at radius 3 is 2.73 bits per heavy atom. The average Bonchev–Trinajstić information content (AvgIpc) is 3.31. The summed E-state index contributed by atoms with van der Waals surface area (Å²) in [5.41, 5.74) is 6.71. The molecule has 1 aliphatic rings. The third-order valence-corrected chi connectivity index (χ3v) is 6.22. The van der Waals surface area contributed by atoms with Gasteiger partial charge in [-0.05, 0) is 31.4 Å². The van der Waals surface area contributed by atoms with Crippen molar-refractivity contribution in [1.29, 1.82) is 0 Å². The van der Waals surface area contributed by atoms with Gasteiger partial charge in [-0.3, -0.25) is 9.48 Å². The molecular formula is C20H20F3N5OS. The molecule has 1 unspecified atom stereocenters. The van der Waals surface area contributed by atoms with Gasteiger partial charge in [0, 0.05) is 24.4 Å². The van der Waals surface area contributed by atoms with Crippen molar-refractivity contribution in [1.82, 2.24) is 14.8 Å². The Bertz CT molecular complexity index is 1060. The molecule has 4 rings (SSSR count). The fourth-order valence-electron chi connectivity index (χ4n) is 3.80. The molecule has 0 radical (unpaired) electrons. The number of amides is 1. The largest absolute Gasteiger partial charge is 0.325 e. The van der Waals surface area contributed by atoms with Gasteiger partial charge < -0.3 is 11.1 Å². The predicted molar refractivity (Wildman–Crippen MR) is 108 cm³/mol. The Hall–Kier alpha value is -2.72. The number of nitrogens with zero attached hydrogens (tertiary/aromatic N) is 3. The van der Waals surface area contributed by atoms with Crippen molar-refractivity contribution in [3.05, 3.63) is 52.8 Å². The van der Waals surface area contributed by atoms with E-state index in [0.29, 0.717) is 24.2 Å². The van der Waals surface area contributed by atoms with E-state index in [1.807, 2.05) is 0 Å². The molecule has 1 aromatic carbocycles. The van der Waals surface area contributed by atoms with Gasteiger partial charge in [0.25, 0.3) is 5.91 Å². The molecule has 3 N–H and O–H groups in total. The molecule has 0 spiro atoms. The van der Waals surface area contributed by atoms with E-state index >= 15 is 0 Å². The summed E-state index contributed by atoms with van der Waals surface area (Å²) < 4.78 is 43.7. The third kappa shape index (κ3) is 3.84. The Kier molecular flexibility index (Phi) is 5.61. The molecule has 2 aromatic heterocycles. The number of hydrogen-bond acceptors (Lipinski definition) is 5. The van der Waals surface area contributed by atoms with Crippen LogP contribution in [0.15, 0.2) is 29.8 Å². The third-order valence-electron chi connectivity index (χ3n) is 5.36. The van der Waals surface area contributed by atoms with Gasteiger partial charge in [-0.2, -0.15) is 5.10 Å². The van der Waals surface area contributed by atoms with Crippen LogP contribution in [0.1, 0.15) is 41.4 Å². The number of anilines is 1. The molecule has 1 saturated carbocycles. The fraction of sp³-hybridized carbons (Fsp3) is 0.350. The Labute approximate surface area is 174 Å². The zero-order chi connectivity index (χ0) is 21.4. The summed E-state index contributed by atoms with van der Waals surface area (Å²) in [5.74, 6) is -2.15. The molecular weight excluding hydrogens is 415 g/mol. The van der Waals surface area contributed by atoms with Gasteiger partial charge >= 0.3 is 0 Å². The van der Waals surface area contributed by atoms with Crippen LogP contribution in [0.3, 0.4) is 0 Å². The minimum absolute atomic E-state index is 0.0292. The van der Waals surface area contributed by atoms with E-state index in [4.69, 9.17) is 5.73 Å². The van der Waals surface area contributed by atoms with E-state index in [1.165, 1.54) is 17.6 Å². The molecule has 6 nitrogen and oxygen atoms in total. The fourth-order valence-corrected chi connectivity index (χ4v) is 4.64. The SMILES string of the molecule is Cn1ncc(NC(=O)c2csc(-c3c(F)cccc3F)n2)c1C1CC[C@@H](N)[C@@H](F)C1. The summed E-state index contributed by atoms with van der Waals surface area (Å²) in [7, 11) is 1.73. The lowest BCUT2D eigenvalue weighted by Crippen LogP contribution is -2.37. The quantitative estimate of drug-likeness (QED) is 0.649. The lowest BCUT2D eigenvalue weighted by Gasteiger charge is -2.30. The van der Waals surface area contributed by atoms with E-state index in [0.717, 1.165) is 23.5 Å². The van der Waals surface area contributed by atoms with Crippen molar-refractivity contribution in [2.75, 3.05) is 5.32 Å². The number of nitrogens with one attached hydrogen (secondary N) is 1. The molecule has 2 heterocycles. The Balaban J connectivity index is 1.55. The van der Waals surface area contributed by atoms with Gasteiger partial charge in [0.1, 0.15) is 28.5 Å². The summed E-state index contributed by atoms with van der Waals surface area (Å²) >= 11 is 0.972. The second-order valence-electron chi connectivity index (χ2n) is 7.35. The number of halogens is 3. The summed E-state index contributed by atoms with van der Waals surface area (Å²) in [6, 6.07) is 3.06. The highest BCUT2D eigenvalue weighted by molar-refractivity contribution is 7.13. The number of aryl methyl sites for hydroxylation is 1. The number of nitrogens with two attached hydrogens (primary N) is 1. The van der Waals surface area contributed by atoms with Gasteiger partial charge in [0.15, 0.2) is 0 Å². The first kappa shape index (κ1) is 20.5. The van der Waals surface area contributed by atoms with E-state index < -0.39 is 29.8 Å². The molecule has 1 aliphatic carbocycles. The summed E-state index contributed by atoms with van der Waals surface area (Å²) in [6.07, 6.45) is 1.89. The van der Waals surface area contributed by atoms with Crippen molar-refractivity contribution >= 4 is 22.9 Å². The minimum Gasteiger partial charge on any atom is -0.325 e. The van der Waals surface area contributed by atoms with Crippen molar-refractivity contribution < 1.29 is 18.0 Å². The Morgan fingerprint density at radius 1 is 1.30 bits per heavy atom. The first-order chi connectivity index (χ1) is 14.3. The molecule has 10 heteroatoms. The van der Waals surface area contributed by atoms with E-state index in [2.05, 4.69) is 15.4 Å². The normalized spacial score (nSPS) is 21.6. The van der Waals surface area contributed by atoms with Crippen molar-refractivity contribution in [3.8, 4) is 10.6 Å². The van der Waals surface area contributed by atoms with Gasteiger partial charge in [-0.25, -0.2) is 18.2 Å². The van der Waals surface area contributed by atoms with Crippen LogP contribution in [0.25, 0.3) is 10.6 Å². The smallest absolute Gasteiger partial charge is 0.275 e. The molecule has 0 aliphatic heterocycles. The number of carbonyl (C=O) groups excluding carboxylic acids is 1. The first-order valence-electron chi connectivity index (χ1n) is 9.48. The van der Waals surface area contributed by atoms with Crippen LogP contribution in [0, 0.1) is 11.6 Å². The molecule has 3 aromatic rings. The number of carbonyl (C=O) groups is 1. The van der Waals surface area contributed by atoms with Crippen molar-refractivity contribution in [2.45, 2.75) is 37.4 Å². The number of alkyl halides is 1. The van der Waals surface area contributed by atoms with Crippen LogP contribution in [0.5, 0.6) is 0 Å². The van der Waals surface area contributed by atoms with Crippen LogP contribution in [0.2, 0.25) is 0 Å². The predicted octanol–water partition coefficient (Wildman–Crippen LogP) is 4.01. The molecule has 0 saturated heterocycles. The van der Waals surface area contributed by atoms with Crippen molar-refractivity contribution in [2.24, 2.45) is 12.8 Å². The minimum atomic E-state index is -1.11. The maximum Gasteiger partial charge on any atom is 0.275 e. The number of aromatic nitrogens is 3. The summed E-state index contributed by atoms with van der Waals surface area (Å²) in [4.78, 5) is 16.8. The number of benzene rings is 1. The zero-order valence-electron chi connectivity index (χ0n) is 16.1. The molecule has 0 bridgehead atoms. The highest BCUT2D eigenvalue weighted by Crippen LogP contribution is 2.37. The maximum atomic E-state index is 14.1. The maximum absolute atomic E-state index is 14.1. The molecule has 30 heavy (non-hydrogen) atoms. The zero-order valence-corrected chi connectivity index (χ0v) is 16.9. The highest BCUT2D eigenvalue weighted by Gasteiger charge is 2.32. The van der Waals surface area contributed by atoms with Gasteiger partial charge in [-0.15, -0.1) is 11.3 Å². The monoisotopic (exact) mass is 435 g/mol. The van der Waals surface area contributed by atoms with Gasteiger partial charge in [-0.1, -0.05) is 6.07 Å². The first-order valence-corrected chi connectivity index (χ1v) is 10.4. The lowest BCUT2D eigenvalue weighted by molar-refractivity contribution is 0.102. The average molecular weight is 435 g/mol. The molecule has 1 fully saturated rings. The van der Waals surface area contributed by atoms with Crippen LogP contribution >= 0.6 is 11.3 Å². The van der Waals surface area contributed by atoms with Crippen LogP contribution in [-0.4, -0.2) is 32.9 Å². The molecule has 1 amide bonds. The van der Waals surface area contributed by atoms with Gasteiger partial charge in [0.2, 0.25) is 0 Å². The second kappa shape index (κ2) is 8.19. The van der Waals surface area contributed by atoms with Crippen LogP contribution in [0.4, 0.5) is 18.9 Å². The molecule has 158 valence electrons. The number of rotatable bonds is 4. The van der Waals surface area contributed by atoms with E-state index in [1.54, 1.807) is 11.7 Å². The lowest BCUT2D eigenvalue weighted by atomic mass is 9.82. The standard InChI is InChI=1S/C20H20F3N5OS/c1-28-18(10-5-6-14(24)13(23)7-10)15(8-25-28)26-19(29)16-9-30-20(27-16)17-11(21)3-2-4-12(17)22/h2-4,8-10,13-14H,5-7,24H2,1H3,(H,26,29)/t10?,13-,14+/m0/s1.